The number of nitrogens with one attached hydrogen (secondary N) is 1. The number of benzene rings is 2. The van der Waals surface area contributed by atoms with Crippen molar-refractivity contribution in [2.45, 2.75) is 19.9 Å². The number of thiophene rings is 1. The summed E-state index contributed by atoms with van der Waals surface area (Å²) in [6, 6.07) is 18.3. The smallest absolute Gasteiger partial charge is 0.263 e. The Hall–Kier alpha value is -3.25. The molecule has 4 aromatic rings. The van der Waals surface area contributed by atoms with Crippen LogP contribution in [0.5, 0.6) is 0 Å². The quantitative estimate of drug-likeness (QED) is 0.553. The second-order valence-electron chi connectivity index (χ2n) is 6.57. The first-order chi connectivity index (χ1) is 13.6. The van der Waals surface area contributed by atoms with Gasteiger partial charge in [-0.25, -0.2) is 4.98 Å². The number of carbonyl (C=O) groups excluding carboxylic acids is 1. The Kier molecular flexibility index (Phi) is 4.79. The fourth-order valence-corrected chi connectivity index (χ4v) is 4.24. The predicted octanol–water partition coefficient (Wildman–Crippen LogP) is 4.63. The van der Waals surface area contributed by atoms with E-state index in [1.165, 1.54) is 22.2 Å². The molecule has 0 unspecified atom stereocenters. The van der Waals surface area contributed by atoms with Gasteiger partial charge >= 0.3 is 0 Å². The summed E-state index contributed by atoms with van der Waals surface area (Å²) in [5.41, 5.74) is 2.36. The van der Waals surface area contributed by atoms with Crippen molar-refractivity contribution in [3.63, 3.8) is 0 Å². The van der Waals surface area contributed by atoms with Gasteiger partial charge in [0.05, 0.1) is 11.7 Å². The van der Waals surface area contributed by atoms with Crippen LogP contribution in [0.2, 0.25) is 0 Å². The van der Waals surface area contributed by atoms with E-state index in [4.69, 9.17) is 0 Å². The van der Waals surface area contributed by atoms with Crippen LogP contribution in [0.25, 0.3) is 21.3 Å². The van der Waals surface area contributed by atoms with Gasteiger partial charge in [-0.1, -0.05) is 48.5 Å². The lowest BCUT2D eigenvalue weighted by Crippen LogP contribution is -2.31. The molecule has 4 rings (SSSR count). The van der Waals surface area contributed by atoms with E-state index in [1.54, 1.807) is 6.92 Å². The molecular weight excluding hydrogens is 370 g/mol. The Morgan fingerprint density at radius 2 is 1.71 bits per heavy atom. The molecule has 2 aromatic heterocycles. The maximum Gasteiger partial charge on any atom is 0.263 e. The zero-order valence-corrected chi connectivity index (χ0v) is 16.4. The van der Waals surface area contributed by atoms with Gasteiger partial charge in [0.25, 0.3) is 5.56 Å². The van der Waals surface area contributed by atoms with Gasteiger partial charge in [-0.2, -0.15) is 0 Å². The Morgan fingerprint density at radius 1 is 1.07 bits per heavy atom. The standard InChI is InChI=1S/C22H19N3O2S/c1-14(20(26)24-17-11-7-4-8-12-17)25-13-23-21-19(22(25)27)18(15(2)28-21)16-9-5-3-6-10-16/h3-14H,1-2H3,(H,24,26)/t14-/m1/s1. The van der Waals surface area contributed by atoms with E-state index in [0.29, 0.717) is 15.9 Å². The van der Waals surface area contributed by atoms with Gasteiger partial charge in [0, 0.05) is 16.1 Å². The first kappa shape index (κ1) is 18.1. The number of fused-ring (bicyclic) bond motifs is 1. The zero-order chi connectivity index (χ0) is 19.7. The van der Waals surface area contributed by atoms with Crippen LogP contribution in [-0.2, 0) is 4.79 Å². The van der Waals surface area contributed by atoms with Gasteiger partial charge in [-0.15, -0.1) is 11.3 Å². The SMILES string of the molecule is Cc1sc2ncn([C@H](C)C(=O)Nc3ccccc3)c(=O)c2c1-c1ccccc1. The summed E-state index contributed by atoms with van der Waals surface area (Å²) >= 11 is 1.49. The number of aromatic nitrogens is 2. The van der Waals surface area contributed by atoms with E-state index in [1.807, 2.05) is 67.6 Å². The lowest BCUT2D eigenvalue weighted by atomic mass is 10.0. The Labute approximate surface area is 166 Å². The number of rotatable bonds is 4. The number of nitrogens with zero attached hydrogens (tertiary/aromatic N) is 2. The van der Waals surface area contributed by atoms with Gasteiger partial charge in [0.15, 0.2) is 0 Å². The number of para-hydroxylation sites is 1. The molecule has 0 spiro atoms. The molecule has 1 amide bonds. The Morgan fingerprint density at radius 3 is 2.39 bits per heavy atom. The fourth-order valence-electron chi connectivity index (χ4n) is 3.24. The van der Waals surface area contributed by atoms with Crippen LogP contribution in [0.1, 0.15) is 17.8 Å². The van der Waals surface area contributed by atoms with E-state index < -0.39 is 6.04 Å². The van der Waals surface area contributed by atoms with Crippen molar-refractivity contribution in [2.24, 2.45) is 0 Å². The molecule has 0 saturated heterocycles. The summed E-state index contributed by atoms with van der Waals surface area (Å²) in [6.07, 6.45) is 1.46. The van der Waals surface area contributed by atoms with Crippen LogP contribution in [0.4, 0.5) is 5.69 Å². The molecule has 0 aliphatic rings. The summed E-state index contributed by atoms with van der Waals surface area (Å²) in [6.45, 7) is 3.69. The Bertz CT molecular complexity index is 1200. The van der Waals surface area contributed by atoms with Crippen molar-refractivity contribution in [2.75, 3.05) is 5.32 Å². The van der Waals surface area contributed by atoms with Crippen molar-refractivity contribution in [3.8, 4) is 11.1 Å². The molecule has 28 heavy (non-hydrogen) atoms. The topological polar surface area (TPSA) is 64.0 Å². The molecule has 5 nitrogen and oxygen atoms in total. The minimum Gasteiger partial charge on any atom is -0.324 e. The highest BCUT2D eigenvalue weighted by molar-refractivity contribution is 7.19. The number of anilines is 1. The first-order valence-corrected chi connectivity index (χ1v) is 9.79. The van der Waals surface area contributed by atoms with Gasteiger partial charge in [-0.3, -0.25) is 14.2 Å². The third-order valence-corrected chi connectivity index (χ3v) is 5.73. The van der Waals surface area contributed by atoms with Gasteiger partial charge in [0.1, 0.15) is 10.9 Å². The van der Waals surface area contributed by atoms with E-state index in [9.17, 15) is 9.59 Å². The fraction of sp³-hybridized carbons (Fsp3) is 0.136. The number of carbonyl (C=O) groups is 1. The second kappa shape index (κ2) is 7.40. The molecule has 0 bridgehead atoms. The van der Waals surface area contributed by atoms with Crippen molar-refractivity contribution in [3.05, 3.63) is 82.2 Å². The van der Waals surface area contributed by atoms with E-state index in [0.717, 1.165) is 16.0 Å². The molecular formula is C22H19N3O2S. The molecule has 0 saturated carbocycles. The monoisotopic (exact) mass is 389 g/mol. The average Bonchev–Trinajstić information content (AvgIpc) is 3.06. The molecule has 1 atom stereocenters. The lowest BCUT2D eigenvalue weighted by molar-refractivity contribution is -0.118. The zero-order valence-electron chi connectivity index (χ0n) is 15.5. The molecule has 1 N–H and O–H groups in total. The molecule has 140 valence electrons. The first-order valence-electron chi connectivity index (χ1n) is 8.98. The van der Waals surface area contributed by atoms with Crippen molar-refractivity contribution < 1.29 is 4.79 Å². The van der Waals surface area contributed by atoms with Crippen LogP contribution in [0.3, 0.4) is 0 Å². The van der Waals surface area contributed by atoms with Crippen LogP contribution in [-0.4, -0.2) is 15.5 Å². The lowest BCUT2D eigenvalue weighted by Gasteiger charge is -2.15. The molecule has 2 heterocycles. The van der Waals surface area contributed by atoms with E-state index in [-0.39, 0.29) is 11.5 Å². The highest BCUT2D eigenvalue weighted by atomic mass is 32.1. The molecule has 0 radical (unpaired) electrons. The van der Waals surface area contributed by atoms with Crippen LogP contribution < -0.4 is 10.9 Å². The highest BCUT2D eigenvalue weighted by Gasteiger charge is 2.21. The summed E-state index contributed by atoms with van der Waals surface area (Å²) < 4.78 is 1.40. The molecule has 0 aliphatic heterocycles. The van der Waals surface area contributed by atoms with E-state index in [2.05, 4.69) is 10.3 Å². The Balaban J connectivity index is 1.77. The maximum absolute atomic E-state index is 13.3. The summed E-state index contributed by atoms with van der Waals surface area (Å²) in [7, 11) is 0. The van der Waals surface area contributed by atoms with Crippen molar-refractivity contribution >= 4 is 33.1 Å². The number of hydrogen-bond donors (Lipinski definition) is 1. The maximum atomic E-state index is 13.3. The minimum absolute atomic E-state index is 0.205. The normalized spacial score (nSPS) is 12.1. The summed E-state index contributed by atoms with van der Waals surface area (Å²) in [5, 5.41) is 3.41. The highest BCUT2D eigenvalue weighted by Crippen LogP contribution is 2.35. The van der Waals surface area contributed by atoms with Crippen molar-refractivity contribution in [1.29, 1.82) is 0 Å². The largest absolute Gasteiger partial charge is 0.324 e. The van der Waals surface area contributed by atoms with Crippen LogP contribution in [0, 0.1) is 6.92 Å². The third kappa shape index (κ3) is 3.23. The van der Waals surface area contributed by atoms with Crippen LogP contribution >= 0.6 is 11.3 Å². The second-order valence-corrected chi connectivity index (χ2v) is 7.77. The minimum atomic E-state index is -0.687. The number of hydrogen-bond acceptors (Lipinski definition) is 4. The third-order valence-electron chi connectivity index (χ3n) is 4.71. The summed E-state index contributed by atoms with van der Waals surface area (Å²) in [4.78, 5) is 32.1. The average molecular weight is 389 g/mol. The van der Waals surface area contributed by atoms with Gasteiger partial charge in [-0.05, 0) is 31.5 Å². The molecule has 2 aromatic carbocycles. The summed E-state index contributed by atoms with van der Waals surface area (Å²) in [5.74, 6) is -0.261. The van der Waals surface area contributed by atoms with E-state index >= 15 is 0 Å². The molecule has 0 aliphatic carbocycles. The van der Waals surface area contributed by atoms with Crippen molar-refractivity contribution in [1.82, 2.24) is 9.55 Å². The van der Waals surface area contributed by atoms with Gasteiger partial charge in [0.2, 0.25) is 5.91 Å². The molecule has 6 heteroatoms. The number of amides is 1. The predicted molar refractivity (Wildman–Crippen MR) is 114 cm³/mol. The van der Waals surface area contributed by atoms with Crippen LogP contribution in [0.15, 0.2) is 71.8 Å². The number of aryl methyl sites for hydroxylation is 1. The molecule has 0 fully saturated rings. The van der Waals surface area contributed by atoms with Gasteiger partial charge < -0.3 is 5.32 Å².